The van der Waals surface area contributed by atoms with Gasteiger partial charge in [0.1, 0.15) is 5.69 Å². The van der Waals surface area contributed by atoms with Crippen molar-refractivity contribution in [3.8, 4) is 5.75 Å². The summed E-state index contributed by atoms with van der Waals surface area (Å²) in [4.78, 5) is 41.0. The second-order valence-electron chi connectivity index (χ2n) is 5.17. The number of thioether (sulfide) groups is 1. The Morgan fingerprint density at radius 2 is 2.25 bits per heavy atom. The molecular formula is C15H16N4O4S. The van der Waals surface area contributed by atoms with Crippen molar-refractivity contribution in [1.82, 2.24) is 19.6 Å². The van der Waals surface area contributed by atoms with Gasteiger partial charge in [-0.3, -0.25) is 23.7 Å². The fourth-order valence-electron chi connectivity index (χ4n) is 2.55. The normalized spacial score (nSPS) is 14.5. The number of hydrogen-bond donors (Lipinski definition) is 1. The summed E-state index contributed by atoms with van der Waals surface area (Å²) in [5.74, 6) is 0.193. The van der Waals surface area contributed by atoms with E-state index >= 15 is 0 Å². The molecule has 0 saturated carbocycles. The third-order valence-electron chi connectivity index (χ3n) is 3.69. The van der Waals surface area contributed by atoms with Gasteiger partial charge >= 0.3 is 0 Å². The van der Waals surface area contributed by atoms with Crippen LogP contribution in [-0.4, -0.2) is 57.3 Å². The molecule has 1 saturated heterocycles. The minimum atomic E-state index is -0.319. The van der Waals surface area contributed by atoms with E-state index in [1.807, 2.05) is 0 Å². The van der Waals surface area contributed by atoms with Gasteiger partial charge in [-0.2, -0.15) is 0 Å². The molecule has 0 aromatic carbocycles. The van der Waals surface area contributed by atoms with Gasteiger partial charge in [-0.05, 0) is 19.1 Å². The van der Waals surface area contributed by atoms with Crippen molar-refractivity contribution in [2.75, 3.05) is 26.0 Å². The van der Waals surface area contributed by atoms with E-state index in [-0.39, 0.29) is 35.9 Å². The fourth-order valence-corrected chi connectivity index (χ4v) is 3.30. The van der Waals surface area contributed by atoms with Gasteiger partial charge in [-0.15, -0.1) is 0 Å². The average Bonchev–Trinajstić information content (AvgIpc) is 3.07. The summed E-state index contributed by atoms with van der Waals surface area (Å²) < 4.78 is 6.91. The van der Waals surface area contributed by atoms with Crippen molar-refractivity contribution in [2.24, 2.45) is 0 Å². The number of nitrogens with one attached hydrogen (secondary N) is 1. The van der Waals surface area contributed by atoms with Crippen molar-refractivity contribution in [3.05, 3.63) is 29.7 Å². The van der Waals surface area contributed by atoms with Crippen LogP contribution < -0.4 is 10.1 Å². The highest BCUT2D eigenvalue weighted by atomic mass is 32.2. The number of rotatable bonds is 5. The van der Waals surface area contributed by atoms with Crippen LogP contribution in [0.2, 0.25) is 0 Å². The number of imidazole rings is 1. The number of hydrogen-bond acceptors (Lipinski definition) is 6. The van der Waals surface area contributed by atoms with Gasteiger partial charge in [0.05, 0.1) is 18.6 Å². The maximum absolute atomic E-state index is 12.5. The van der Waals surface area contributed by atoms with Crippen molar-refractivity contribution in [3.63, 3.8) is 0 Å². The number of aryl methyl sites for hydroxylation is 1. The molecule has 0 radical (unpaired) electrons. The fraction of sp³-hybridized carbons (Fsp3) is 0.333. The molecule has 126 valence electrons. The number of nitrogens with zero attached hydrogens (tertiary/aromatic N) is 3. The molecule has 0 atom stereocenters. The number of methoxy groups -OCH3 is 1. The van der Waals surface area contributed by atoms with E-state index in [9.17, 15) is 14.4 Å². The molecule has 0 spiro atoms. The Labute approximate surface area is 142 Å². The van der Waals surface area contributed by atoms with Crippen LogP contribution in [0.3, 0.4) is 0 Å². The van der Waals surface area contributed by atoms with E-state index in [2.05, 4.69) is 10.3 Å². The van der Waals surface area contributed by atoms with Gasteiger partial charge in [-0.25, -0.2) is 4.98 Å². The molecule has 2 aromatic heterocycles. The molecule has 9 heteroatoms. The second-order valence-corrected chi connectivity index (χ2v) is 6.10. The van der Waals surface area contributed by atoms with E-state index in [0.717, 1.165) is 16.7 Å². The second kappa shape index (κ2) is 6.52. The molecular weight excluding hydrogens is 332 g/mol. The lowest BCUT2D eigenvalue weighted by Gasteiger charge is -2.13. The third kappa shape index (κ3) is 2.82. The minimum Gasteiger partial charge on any atom is -0.493 e. The molecule has 0 bridgehead atoms. The van der Waals surface area contributed by atoms with Crippen molar-refractivity contribution in [1.29, 1.82) is 0 Å². The van der Waals surface area contributed by atoms with Crippen LogP contribution in [-0.2, 0) is 4.79 Å². The molecule has 3 amide bonds. The van der Waals surface area contributed by atoms with Gasteiger partial charge < -0.3 is 10.1 Å². The maximum atomic E-state index is 12.5. The summed E-state index contributed by atoms with van der Waals surface area (Å²) in [5.41, 5.74) is 1.53. The number of aromatic nitrogens is 2. The zero-order chi connectivity index (χ0) is 17.3. The van der Waals surface area contributed by atoms with E-state index in [0.29, 0.717) is 22.8 Å². The summed E-state index contributed by atoms with van der Waals surface area (Å²) in [5, 5.41) is 2.45. The van der Waals surface area contributed by atoms with Gasteiger partial charge in [0, 0.05) is 19.3 Å². The summed E-state index contributed by atoms with van der Waals surface area (Å²) in [6, 6.07) is 3.54. The van der Waals surface area contributed by atoms with Crippen LogP contribution >= 0.6 is 11.8 Å². The first kappa shape index (κ1) is 16.3. The summed E-state index contributed by atoms with van der Waals surface area (Å²) in [6.45, 7) is 2.09. The van der Waals surface area contributed by atoms with Crippen LogP contribution in [0.5, 0.6) is 5.75 Å². The van der Waals surface area contributed by atoms with Crippen LogP contribution in [0, 0.1) is 6.92 Å². The van der Waals surface area contributed by atoms with Gasteiger partial charge in [0.2, 0.25) is 5.91 Å². The Balaban J connectivity index is 1.74. The zero-order valence-corrected chi connectivity index (χ0v) is 14.1. The molecule has 3 rings (SSSR count). The maximum Gasteiger partial charge on any atom is 0.288 e. The molecule has 1 aliphatic heterocycles. The Kier molecular flexibility index (Phi) is 4.43. The first-order chi connectivity index (χ1) is 11.5. The van der Waals surface area contributed by atoms with E-state index in [1.165, 1.54) is 0 Å². The lowest BCUT2D eigenvalue weighted by atomic mass is 10.3. The molecule has 1 aliphatic rings. The summed E-state index contributed by atoms with van der Waals surface area (Å²) in [7, 11) is 1.54. The number of pyridine rings is 1. The molecule has 1 N–H and O–H groups in total. The van der Waals surface area contributed by atoms with Crippen LogP contribution in [0.1, 0.15) is 16.2 Å². The molecule has 24 heavy (non-hydrogen) atoms. The topological polar surface area (TPSA) is 93.0 Å². The monoisotopic (exact) mass is 348 g/mol. The smallest absolute Gasteiger partial charge is 0.288 e. The SMILES string of the molecule is COc1cccn2c(C(=O)NCCN3C(=O)CSC3=O)c(C)nc12. The van der Waals surface area contributed by atoms with Gasteiger partial charge in [0.15, 0.2) is 11.4 Å². The van der Waals surface area contributed by atoms with Gasteiger partial charge in [-0.1, -0.05) is 11.8 Å². The number of carbonyl (C=O) groups excluding carboxylic acids is 3. The van der Waals surface area contributed by atoms with E-state index in [1.54, 1.807) is 36.8 Å². The van der Waals surface area contributed by atoms with Crippen LogP contribution in [0.25, 0.3) is 5.65 Å². The number of ether oxygens (including phenoxy) is 1. The van der Waals surface area contributed by atoms with Crippen LogP contribution in [0.15, 0.2) is 18.3 Å². The predicted octanol–water partition coefficient (Wildman–Crippen LogP) is 1.08. The van der Waals surface area contributed by atoms with Gasteiger partial charge in [0.25, 0.3) is 11.1 Å². The molecule has 3 heterocycles. The lowest BCUT2D eigenvalue weighted by molar-refractivity contribution is -0.124. The Hall–Kier alpha value is -2.55. The first-order valence-electron chi connectivity index (χ1n) is 7.30. The molecule has 0 aliphatic carbocycles. The Morgan fingerprint density at radius 1 is 1.46 bits per heavy atom. The number of amides is 3. The van der Waals surface area contributed by atoms with Crippen molar-refractivity contribution < 1.29 is 19.1 Å². The van der Waals surface area contributed by atoms with E-state index < -0.39 is 0 Å². The molecule has 2 aromatic rings. The quantitative estimate of drug-likeness (QED) is 0.869. The highest BCUT2D eigenvalue weighted by molar-refractivity contribution is 8.14. The van der Waals surface area contributed by atoms with E-state index in [4.69, 9.17) is 4.74 Å². The summed E-state index contributed by atoms with van der Waals surface area (Å²) in [6.07, 6.45) is 1.73. The zero-order valence-electron chi connectivity index (χ0n) is 13.2. The average molecular weight is 348 g/mol. The van der Waals surface area contributed by atoms with Crippen molar-refractivity contribution in [2.45, 2.75) is 6.92 Å². The summed E-state index contributed by atoms with van der Waals surface area (Å²) >= 11 is 0.975. The number of carbonyl (C=O) groups is 3. The largest absolute Gasteiger partial charge is 0.493 e. The first-order valence-corrected chi connectivity index (χ1v) is 8.28. The van der Waals surface area contributed by atoms with Crippen LogP contribution in [0.4, 0.5) is 4.79 Å². The number of fused-ring (bicyclic) bond motifs is 1. The predicted molar refractivity (Wildman–Crippen MR) is 88.4 cm³/mol. The lowest BCUT2D eigenvalue weighted by Crippen LogP contribution is -2.37. The number of imide groups is 1. The Morgan fingerprint density at radius 3 is 2.92 bits per heavy atom. The standard InChI is InChI=1S/C15H16N4O4S/c1-9-12(19-6-3-4-10(23-2)13(19)17-9)14(21)16-5-7-18-11(20)8-24-15(18)22/h3-4,6H,5,7-8H2,1-2H3,(H,16,21). The Bertz CT molecular complexity index is 816. The highest BCUT2D eigenvalue weighted by Gasteiger charge is 2.29. The third-order valence-corrected chi connectivity index (χ3v) is 4.54. The minimum absolute atomic E-state index is 0.162. The molecule has 0 unspecified atom stereocenters. The highest BCUT2D eigenvalue weighted by Crippen LogP contribution is 2.21. The molecule has 1 fully saturated rings. The van der Waals surface area contributed by atoms with Crippen molar-refractivity contribution >= 4 is 34.5 Å². The molecule has 8 nitrogen and oxygen atoms in total.